The number of nitrogens with one attached hydrogen (secondary N) is 2. The van der Waals surface area contributed by atoms with Gasteiger partial charge >= 0.3 is 12.0 Å². The van der Waals surface area contributed by atoms with E-state index in [1.165, 1.54) is 12.1 Å². The highest BCUT2D eigenvalue weighted by molar-refractivity contribution is 5.86. The summed E-state index contributed by atoms with van der Waals surface area (Å²) in [5, 5.41) is 14.3. The fourth-order valence-electron chi connectivity index (χ4n) is 2.20. The molecule has 114 valence electrons. The van der Waals surface area contributed by atoms with Crippen LogP contribution in [0.2, 0.25) is 0 Å². The number of ether oxygens (including phenoxy) is 1. The van der Waals surface area contributed by atoms with Crippen LogP contribution in [0, 0.1) is 5.82 Å². The lowest BCUT2D eigenvalue weighted by Gasteiger charge is -2.33. The van der Waals surface area contributed by atoms with E-state index in [0.717, 1.165) is 0 Å². The van der Waals surface area contributed by atoms with Gasteiger partial charge in [0, 0.05) is 32.6 Å². The molecule has 1 aliphatic rings. The summed E-state index contributed by atoms with van der Waals surface area (Å²) in [5.41, 5.74) is -0.703. The highest BCUT2D eigenvalue weighted by Gasteiger charge is 2.41. The smallest absolute Gasteiger partial charge is 0.329 e. The van der Waals surface area contributed by atoms with Crippen LogP contribution >= 0.6 is 0 Å². The number of hydrogen-bond donors (Lipinski definition) is 3. The van der Waals surface area contributed by atoms with Crippen molar-refractivity contribution in [2.45, 2.75) is 24.9 Å². The average Bonchev–Trinajstić information content (AvgIpc) is 2.46. The summed E-state index contributed by atoms with van der Waals surface area (Å²) >= 11 is 0. The standard InChI is InChI=1S/C14H17FN2O4/c15-11-3-1-2-10(8-11)9-16-13(20)17-14(12(18)19)4-6-21-7-5-14/h1-3,8H,4-7,9H2,(H,18,19)(H2,16,17,20). The summed E-state index contributed by atoms with van der Waals surface area (Å²) in [4.78, 5) is 23.2. The van der Waals surface area contributed by atoms with E-state index >= 15 is 0 Å². The topological polar surface area (TPSA) is 87.7 Å². The maximum absolute atomic E-state index is 13.0. The molecule has 3 N–H and O–H groups in total. The number of aliphatic carboxylic acids is 1. The summed E-state index contributed by atoms with van der Waals surface area (Å²) in [7, 11) is 0. The van der Waals surface area contributed by atoms with Crippen LogP contribution in [0.25, 0.3) is 0 Å². The molecule has 1 aromatic carbocycles. The Balaban J connectivity index is 1.92. The minimum Gasteiger partial charge on any atom is -0.480 e. The summed E-state index contributed by atoms with van der Waals surface area (Å²) in [5.74, 6) is -1.46. The van der Waals surface area contributed by atoms with Crippen LogP contribution in [0.5, 0.6) is 0 Å². The van der Waals surface area contributed by atoms with E-state index in [2.05, 4.69) is 10.6 Å². The molecule has 7 heteroatoms. The van der Waals surface area contributed by atoms with Crippen LogP contribution in [-0.2, 0) is 16.1 Å². The second kappa shape index (κ2) is 6.53. The van der Waals surface area contributed by atoms with Gasteiger partial charge < -0.3 is 20.5 Å². The van der Waals surface area contributed by atoms with Crippen molar-refractivity contribution in [1.82, 2.24) is 10.6 Å². The van der Waals surface area contributed by atoms with E-state index in [4.69, 9.17) is 4.74 Å². The van der Waals surface area contributed by atoms with E-state index in [0.29, 0.717) is 5.56 Å². The van der Waals surface area contributed by atoms with E-state index in [1.54, 1.807) is 12.1 Å². The Morgan fingerprint density at radius 3 is 2.67 bits per heavy atom. The maximum Gasteiger partial charge on any atom is 0.329 e. The number of benzene rings is 1. The molecule has 1 heterocycles. The number of carbonyl (C=O) groups excluding carboxylic acids is 1. The number of rotatable bonds is 4. The van der Waals surface area contributed by atoms with Gasteiger partial charge in [-0.2, -0.15) is 0 Å². The van der Waals surface area contributed by atoms with Crippen LogP contribution in [0.15, 0.2) is 24.3 Å². The van der Waals surface area contributed by atoms with E-state index in [-0.39, 0.29) is 38.4 Å². The monoisotopic (exact) mass is 296 g/mol. The molecule has 0 aliphatic carbocycles. The van der Waals surface area contributed by atoms with Gasteiger partial charge in [0.1, 0.15) is 11.4 Å². The Morgan fingerprint density at radius 2 is 2.05 bits per heavy atom. The second-order valence-electron chi connectivity index (χ2n) is 4.94. The Hall–Kier alpha value is -2.15. The third kappa shape index (κ3) is 3.91. The number of hydrogen-bond acceptors (Lipinski definition) is 3. The first-order valence-corrected chi connectivity index (χ1v) is 6.63. The number of carboxylic acids is 1. The van der Waals surface area contributed by atoms with Gasteiger partial charge in [0.05, 0.1) is 0 Å². The molecule has 0 atom stereocenters. The van der Waals surface area contributed by atoms with E-state index in [9.17, 15) is 19.1 Å². The van der Waals surface area contributed by atoms with Crippen LogP contribution in [0.1, 0.15) is 18.4 Å². The van der Waals surface area contributed by atoms with Gasteiger partial charge in [0.25, 0.3) is 0 Å². The number of amides is 2. The molecular formula is C14H17FN2O4. The van der Waals surface area contributed by atoms with Crippen LogP contribution in [0.4, 0.5) is 9.18 Å². The summed E-state index contributed by atoms with van der Waals surface area (Å²) in [6, 6.07) is 5.24. The first-order chi connectivity index (χ1) is 10.0. The molecule has 1 aromatic rings. The zero-order valence-corrected chi connectivity index (χ0v) is 11.4. The van der Waals surface area contributed by atoms with Crippen molar-refractivity contribution in [3.05, 3.63) is 35.6 Å². The van der Waals surface area contributed by atoms with Crippen LogP contribution < -0.4 is 10.6 Å². The number of urea groups is 1. The molecule has 1 aliphatic heterocycles. The predicted octanol–water partition coefficient (Wildman–Crippen LogP) is 1.26. The molecule has 0 saturated carbocycles. The quantitative estimate of drug-likeness (QED) is 0.780. The molecule has 1 fully saturated rings. The maximum atomic E-state index is 13.0. The summed E-state index contributed by atoms with van der Waals surface area (Å²) in [6.07, 6.45) is 0.436. The first-order valence-electron chi connectivity index (χ1n) is 6.63. The van der Waals surface area contributed by atoms with Crippen molar-refractivity contribution in [3.8, 4) is 0 Å². The lowest BCUT2D eigenvalue weighted by Crippen LogP contribution is -2.59. The second-order valence-corrected chi connectivity index (χ2v) is 4.94. The molecular weight excluding hydrogens is 279 g/mol. The highest BCUT2D eigenvalue weighted by atomic mass is 19.1. The zero-order chi connectivity index (χ0) is 15.3. The van der Waals surface area contributed by atoms with Crippen molar-refractivity contribution in [2.75, 3.05) is 13.2 Å². The third-order valence-electron chi connectivity index (χ3n) is 3.45. The van der Waals surface area contributed by atoms with Gasteiger partial charge in [0.2, 0.25) is 0 Å². The Labute approximate surface area is 121 Å². The normalized spacial score (nSPS) is 17.0. The van der Waals surface area contributed by atoms with Gasteiger partial charge in [0.15, 0.2) is 0 Å². The number of carbonyl (C=O) groups is 2. The van der Waals surface area contributed by atoms with Gasteiger partial charge in [-0.3, -0.25) is 0 Å². The molecule has 0 radical (unpaired) electrons. The van der Waals surface area contributed by atoms with Gasteiger partial charge in [-0.25, -0.2) is 14.0 Å². The van der Waals surface area contributed by atoms with E-state index < -0.39 is 17.5 Å². The fourth-order valence-corrected chi connectivity index (χ4v) is 2.20. The number of carboxylic acid groups (broad SMARTS) is 1. The van der Waals surface area contributed by atoms with E-state index in [1.807, 2.05) is 0 Å². The lowest BCUT2D eigenvalue weighted by molar-refractivity contribution is -0.148. The third-order valence-corrected chi connectivity index (χ3v) is 3.45. The highest BCUT2D eigenvalue weighted by Crippen LogP contribution is 2.20. The Kier molecular flexibility index (Phi) is 4.74. The molecule has 6 nitrogen and oxygen atoms in total. The average molecular weight is 296 g/mol. The summed E-state index contributed by atoms with van der Waals surface area (Å²) in [6.45, 7) is 0.697. The Bertz CT molecular complexity index is 529. The molecule has 1 saturated heterocycles. The molecule has 2 rings (SSSR count). The van der Waals surface area contributed by atoms with Crippen molar-refractivity contribution in [2.24, 2.45) is 0 Å². The van der Waals surface area contributed by atoms with Crippen molar-refractivity contribution < 1.29 is 23.8 Å². The largest absolute Gasteiger partial charge is 0.480 e. The summed E-state index contributed by atoms with van der Waals surface area (Å²) < 4.78 is 18.1. The molecule has 0 spiro atoms. The number of halogens is 1. The van der Waals surface area contributed by atoms with Crippen molar-refractivity contribution in [1.29, 1.82) is 0 Å². The van der Waals surface area contributed by atoms with Crippen molar-refractivity contribution >= 4 is 12.0 Å². The molecule has 0 unspecified atom stereocenters. The van der Waals surface area contributed by atoms with Crippen LogP contribution in [0.3, 0.4) is 0 Å². The van der Waals surface area contributed by atoms with Gasteiger partial charge in [-0.15, -0.1) is 0 Å². The molecule has 0 aromatic heterocycles. The molecule has 2 amide bonds. The Morgan fingerprint density at radius 1 is 1.33 bits per heavy atom. The fraction of sp³-hybridized carbons (Fsp3) is 0.429. The zero-order valence-electron chi connectivity index (χ0n) is 11.4. The van der Waals surface area contributed by atoms with Gasteiger partial charge in [-0.05, 0) is 17.7 Å². The molecule has 21 heavy (non-hydrogen) atoms. The SMILES string of the molecule is O=C(NCc1cccc(F)c1)NC1(C(=O)O)CCOCC1. The van der Waals surface area contributed by atoms with Gasteiger partial charge in [-0.1, -0.05) is 12.1 Å². The van der Waals surface area contributed by atoms with Crippen molar-refractivity contribution in [3.63, 3.8) is 0 Å². The molecule has 0 bridgehead atoms. The van der Waals surface area contributed by atoms with Crippen LogP contribution in [-0.4, -0.2) is 35.9 Å². The minimum atomic E-state index is -1.30. The minimum absolute atomic E-state index is 0.121. The lowest BCUT2D eigenvalue weighted by atomic mass is 9.90. The first kappa shape index (κ1) is 15.2. The predicted molar refractivity (Wildman–Crippen MR) is 72.2 cm³/mol.